The minimum Gasteiger partial charge on any atom is -0.497 e. The van der Waals surface area contributed by atoms with E-state index in [1.165, 1.54) is 4.90 Å². The summed E-state index contributed by atoms with van der Waals surface area (Å²) in [7, 11) is -1.21. The molecule has 170 valence electrons. The van der Waals surface area contributed by atoms with Crippen molar-refractivity contribution < 1.29 is 18.8 Å². The van der Waals surface area contributed by atoms with Gasteiger partial charge in [0.15, 0.2) is 0 Å². The molecule has 3 aromatic carbocycles. The van der Waals surface area contributed by atoms with Gasteiger partial charge in [-0.05, 0) is 39.7 Å². The third-order valence-electron chi connectivity index (χ3n) is 6.27. The molecule has 1 saturated heterocycles. The topological polar surface area (TPSA) is 55.8 Å². The number of benzene rings is 3. The fourth-order valence-electron chi connectivity index (χ4n) is 4.61. The lowest BCUT2D eigenvalue weighted by Gasteiger charge is -2.46. The van der Waals surface area contributed by atoms with E-state index in [9.17, 15) is 9.59 Å². The molecule has 33 heavy (non-hydrogen) atoms. The number of Topliss-reactive ketones (excluding diaryl/α,β-unsaturated/α-hetero) is 1. The quantitative estimate of drug-likeness (QED) is 0.308. The van der Waals surface area contributed by atoms with E-state index in [4.69, 9.17) is 9.16 Å². The van der Waals surface area contributed by atoms with Crippen LogP contribution in [0.4, 0.5) is 5.69 Å². The number of ether oxygens (including phenoxy) is 1. The lowest BCUT2D eigenvalue weighted by molar-refractivity contribution is -0.144. The second kappa shape index (κ2) is 8.96. The average molecular weight is 460 g/mol. The first-order valence-electron chi connectivity index (χ1n) is 11.1. The molecule has 0 aliphatic carbocycles. The minimum atomic E-state index is -2.80. The molecule has 1 heterocycles. The zero-order valence-electron chi connectivity index (χ0n) is 19.4. The Hall–Kier alpha value is -3.22. The highest BCUT2D eigenvalue weighted by Gasteiger charge is 2.53. The summed E-state index contributed by atoms with van der Waals surface area (Å²) in [5, 5.41) is 2.06. The highest BCUT2D eigenvalue weighted by atomic mass is 28.4. The Morgan fingerprint density at radius 3 is 1.79 bits per heavy atom. The smallest absolute Gasteiger partial charge is 0.297 e. The number of hydrogen-bond acceptors (Lipinski definition) is 4. The van der Waals surface area contributed by atoms with Crippen molar-refractivity contribution in [2.45, 2.75) is 31.9 Å². The highest BCUT2D eigenvalue weighted by Crippen LogP contribution is 2.38. The van der Waals surface area contributed by atoms with Crippen LogP contribution in [0.15, 0.2) is 84.9 Å². The van der Waals surface area contributed by atoms with Crippen LogP contribution in [0.5, 0.6) is 5.75 Å². The van der Waals surface area contributed by atoms with Crippen molar-refractivity contribution in [3.63, 3.8) is 0 Å². The predicted octanol–water partition coefficient (Wildman–Crippen LogP) is 3.56. The van der Waals surface area contributed by atoms with Crippen LogP contribution in [0.1, 0.15) is 20.8 Å². The fourth-order valence-corrected chi connectivity index (χ4v) is 9.17. The number of hydrogen-bond donors (Lipinski definition) is 0. The van der Waals surface area contributed by atoms with Crippen LogP contribution in [0.3, 0.4) is 0 Å². The van der Waals surface area contributed by atoms with Gasteiger partial charge in [-0.3, -0.25) is 14.5 Å². The van der Waals surface area contributed by atoms with E-state index in [1.807, 2.05) is 36.4 Å². The van der Waals surface area contributed by atoms with Crippen LogP contribution >= 0.6 is 0 Å². The van der Waals surface area contributed by atoms with Gasteiger partial charge in [0.2, 0.25) is 5.78 Å². The van der Waals surface area contributed by atoms with Gasteiger partial charge in [0, 0.05) is 5.69 Å². The summed E-state index contributed by atoms with van der Waals surface area (Å²) in [6.45, 7) is 6.71. The molecule has 1 unspecified atom stereocenters. The lowest BCUT2D eigenvalue weighted by atomic mass is 10.00. The van der Waals surface area contributed by atoms with Crippen molar-refractivity contribution in [1.82, 2.24) is 0 Å². The Balaban J connectivity index is 1.71. The molecule has 0 radical (unpaired) electrons. The van der Waals surface area contributed by atoms with Crippen LogP contribution in [0.2, 0.25) is 5.04 Å². The van der Waals surface area contributed by atoms with Gasteiger partial charge in [-0.2, -0.15) is 0 Å². The number of carbonyl (C=O) groups excluding carboxylic acids is 2. The molecule has 0 spiro atoms. The highest BCUT2D eigenvalue weighted by molar-refractivity contribution is 6.99. The number of nitrogens with zero attached hydrogens (tertiary/aromatic N) is 1. The summed E-state index contributed by atoms with van der Waals surface area (Å²) in [5.41, 5.74) is 0.663. The largest absolute Gasteiger partial charge is 0.497 e. The Labute approximate surface area is 196 Å². The molecular weight excluding hydrogens is 430 g/mol. The molecule has 3 aromatic rings. The van der Waals surface area contributed by atoms with Gasteiger partial charge in [0.05, 0.1) is 13.7 Å². The van der Waals surface area contributed by atoms with E-state index < -0.39 is 26.0 Å². The molecule has 0 aromatic heterocycles. The summed E-state index contributed by atoms with van der Waals surface area (Å²) < 4.78 is 12.1. The van der Waals surface area contributed by atoms with Gasteiger partial charge in [-0.1, -0.05) is 81.4 Å². The SMILES string of the molecule is COc1ccc(N2C(=O)C(=O)C2CO[Si](c2ccccc2)(c2ccccc2)C(C)(C)C)cc1. The summed E-state index contributed by atoms with van der Waals surface area (Å²) in [6.07, 6.45) is 0. The van der Waals surface area contributed by atoms with Gasteiger partial charge in [-0.15, -0.1) is 0 Å². The number of carbonyl (C=O) groups is 2. The van der Waals surface area contributed by atoms with Gasteiger partial charge >= 0.3 is 0 Å². The van der Waals surface area contributed by atoms with E-state index in [-0.39, 0.29) is 11.6 Å². The van der Waals surface area contributed by atoms with Crippen LogP contribution in [-0.4, -0.2) is 39.8 Å². The van der Waals surface area contributed by atoms with Crippen LogP contribution < -0.4 is 20.0 Å². The Bertz CT molecular complexity index is 1080. The zero-order chi connectivity index (χ0) is 23.6. The summed E-state index contributed by atoms with van der Waals surface area (Å²) >= 11 is 0. The first kappa shape index (κ1) is 23.0. The third kappa shape index (κ3) is 4.00. The first-order valence-corrected chi connectivity index (χ1v) is 13.0. The fraction of sp³-hybridized carbons (Fsp3) is 0.259. The van der Waals surface area contributed by atoms with Gasteiger partial charge in [0.1, 0.15) is 11.8 Å². The number of β-lactam (4-membered cyclic amide) rings is 1. The van der Waals surface area contributed by atoms with Gasteiger partial charge in [-0.25, -0.2) is 0 Å². The van der Waals surface area contributed by atoms with Crippen molar-refractivity contribution in [1.29, 1.82) is 0 Å². The molecule has 0 bridgehead atoms. The number of amides is 1. The maximum atomic E-state index is 12.6. The minimum absolute atomic E-state index is 0.143. The zero-order valence-corrected chi connectivity index (χ0v) is 20.4. The molecule has 6 heteroatoms. The molecule has 1 atom stereocenters. The summed E-state index contributed by atoms with van der Waals surface area (Å²) in [5.74, 6) is -0.224. The molecule has 4 rings (SSSR count). The Morgan fingerprint density at radius 1 is 0.818 bits per heavy atom. The van der Waals surface area contributed by atoms with Crippen molar-refractivity contribution in [2.75, 3.05) is 18.6 Å². The lowest BCUT2D eigenvalue weighted by Crippen LogP contribution is -2.70. The van der Waals surface area contributed by atoms with E-state index >= 15 is 0 Å². The van der Waals surface area contributed by atoms with E-state index in [0.717, 1.165) is 10.4 Å². The number of ketones is 1. The van der Waals surface area contributed by atoms with Crippen molar-refractivity contribution >= 4 is 36.1 Å². The number of rotatable bonds is 7. The molecule has 1 amide bonds. The number of anilines is 1. The molecular formula is C27H29NO4Si. The van der Waals surface area contributed by atoms with Crippen molar-refractivity contribution in [3.05, 3.63) is 84.9 Å². The van der Waals surface area contributed by atoms with Gasteiger partial charge < -0.3 is 9.16 Å². The molecule has 1 fully saturated rings. The predicted molar refractivity (Wildman–Crippen MR) is 133 cm³/mol. The van der Waals surface area contributed by atoms with Crippen molar-refractivity contribution in [2.24, 2.45) is 0 Å². The summed E-state index contributed by atoms with van der Waals surface area (Å²) in [4.78, 5) is 26.6. The van der Waals surface area contributed by atoms with Crippen molar-refractivity contribution in [3.8, 4) is 5.75 Å². The third-order valence-corrected chi connectivity index (χ3v) is 11.3. The molecule has 1 aliphatic rings. The second-order valence-electron chi connectivity index (χ2n) is 9.23. The van der Waals surface area contributed by atoms with Crippen LogP contribution in [0, 0.1) is 0 Å². The Morgan fingerprint density at radius 2 is 1.33 bits per heavy atom. The number of methoxy groups -OCH3 is 1. The van der Waals surface area contributed by atoms with E-state index in [2.05, 4.69) is 45.0 Å². The van der Waals surface area contributed by atoms with Crippen LogP contribution in [-0.2, 0) is 14.0 Å². The average Bonchev–Trinajstić information content (AvgIpc) is 2.84. The Kier molecular flexibility index (Phi) is 6.23. The van der Waals surface area contributed by atoms with E-state index in [1.54, 1.807) is 31.4 Å². The standard InChI is InChI=1S/C27H29NO4Si/c1-27(2,3)33(22-11-7-5-8-12-22,23-13-9-6-10-14-23)32-19-24-25(29)26(30)28(24)20-15-17-21(31-4)18-16-20/h5-18,24H,19H2,1-4H3. The first-order chi connectivity index (χ1) is 15.8. The normalized spacial score (nSPS) is 16.5. The molecule has 0 N–H and O–H groups in total. The molecule has 0 saturated carbocycles. The maximum Gasteiger partial charge on any atom is 0.297 e. The monoisotopic (exact) mass is 459 g/mol. The maximum absolute atomic E-state index is 12.6. The molecule has 1 aliphatic heterocycles. The summed E-state index contributed by atoms with van der Waals surface area (Å²) in [6, 6.07) is 27.0. The van der Waals surface area contributed by atoms with Gasteiger partial charge in [0.25, 0.3) is 14.2 Å². The molecule has 5 nitrogen and oxygen atoms in total. The second-order valence-corrected chi connectivity index (χ2v) is 13.5. The van der Waals surface area contributed by atoms with E-state index in [0.29, 0.717) is 11.4 Å². The van der Waals surface area contributed by atoms with Crippen LogP contribution in [0.25, 0.3) is 0 Å².